The predicted molar refractivity (Wildman–Crippen MR) is 60.4 cm³/mol. The zero-order chi connectivity index (χ0) is 11.4. The minimum absolute atomic E-state index is 0.00370. The second-order valence-electron chi connectivity index (χ2n) is 3.18. The van der Waals surface area contributed by atoms with E-state index in [1.165, 1.54) is 0 Å². The van der Waals surface area contributed by atoms with Crippen LogP contribution in [0.2, 0.25) is 0 Å². The van der Waals surface area contributed by atoms with Crippen molar-refractivity contribution in [2.24, 2.45) is 0 Å². The summed E-state index contributed by atoms with van der Waals surface area (Å²) in [5.74, 6) is 2.58. The van der Waals surface area contributed by atoms with Gasteiger partial charge >= 0.3 is 0 Å². The third-order valence-electron chi connectivity index (χ3n) is 1.84. The molecule has 0 unspecified atom stereocenters. The summed E-state index contributed by atoms with van der Waals surface area (Å²) < 4.78 is 4.81. The highest BCUT2D eigenvalue weighted by molar-refractivity contribution is 5.77. The summed E-state index contributed by atoms with van der Waals surface area (Å²) in [6, 6.07) is 0. The minimum atomic E-state index is 0.00370. The first kappa shape index (κ1) is 13.9. The summed E-state index contributed by atoms with van der Waals surface area (Å²) in [7, 11) is 1.61. The maximum absolute atomic E-state index is 11.1. The molecule has 0 aliphatic rings. The molecule has 2 N–H and O–H groups in total. The third kappa shape index (κ3) is 10.9. The zero-order valence-corrected chi connectivity index (χ0v) is 9.34. The standard InChI is InChI=1S/C11H20N2O2/c1-3-4-5-6-7-12-10-11(14)13-8-9-15-2/h1,12H,4-10H2,2H3,(H,13,14). The molecule has 1 amide bonds. The molecule has 0 atom stereocenters. The number of carbonyl (C=O) groups is 1. The molecule has 0 aromatic rings. The van der Waals surface area contributed by atoms with Gasteiger partial charge in [0.25, 0.3) is 0 Å². The van der Waals surface area contributed by atoms with Gasteiger partial charge in [0, 0.05) is 20.1 Å². The van der Waals surface area contributed by atoms with E-state index in [2.05, 4.69) is 16.6 Å². The first-order valence-corrected chi connectivity index (χ1v) is 5.21. The van der Waals surface area contributed by atoms with E-state index in [1.54, 1.807) is 7.11 Å². The maximum atomic E-state index is 11.1. The van der Waals surface area contributed by atoms with Gasteiger partial charge in [-0.05, 0) is 19.4 Å². The lowest BCUT2D eigenvalue weighted by atomic mass is 10.2. The Labute approximate surface area is 91.8 Å². The van der Waals surface area contributed by atoms with E-state index in [0.717, 1.165) is 25.8 Å². The summed E-state index contributed by atoms with van der Waals surface area (Å²) in [4.78, 5) is 11.1. The molecule has 15 heavy (non-hydrogen) atoms. The number of hydrogen-bond donors (Lipinski definition) is 2. The highest BCUT2D eigenvalue weighted by Gasteiger charge is 1.98. The number of rotatable bonds is 9. The van der Waals surface area contributed by atoms with Crippen LogP contribution < -0.4 is 10.6 Å². The summed E-state index contributed by atoms with van der Waals surface area (Å²) in [5.41, 5.74) is 0. The van der Waals surface area contributed by atoms with Crippen LogP contribution in [0.25, 0.3) is 0 Å². The highest BCUT2D eigenvalue weighted by Crippen LogP contribution is 1.90. The van der Waals surface area contributed by atoms with E-state index in [0.29, 0.717) is 19.7 Å². The van der Waals surface area contributed by atoms with Gasteiger partial charge in [0.15, 0.2) is 0 Å². The number of terminal acetylenes is 1. The number of unbranched alkanes of at least 4 members (excludes halogenated alkanes) is 2. The largest absolute Gasteiger partial charge is 0.383 e. The fourth-order valence-corrected chi connectivity index (χ4v) is 1.03. The van der Waals surface area contributed by atoms with E-state index in [4.69, 9.17) is 11.2 Å². The normalized spacial score (nSPS) is 9.60. The van der Waals surface area contributed by atoms with Crippen molar-refractivity contribution in [3.63, 3.8) is 0 Å². The monoisotopic (exact) mass is 212 g/mol. The molecule has 0 aliphatic carbocycles. The van der Waals surface area contributed by atoms with Gasteiger partial charge in [-0.2, -0.15) is 0 Å². The van der Waals surface area contributed by atoms with E-state index in [-0.39, 0.29) is 5.91 Å². The van der Waals surface area contributed by atoms with Crippen LogP contribution in [0.15, 0.2) is 0 Å². The van der Waals surface area contributed by atoms with Crippen LogP contribution in [-0.4, -0.2) is 39.3 Å². The lowest BCUT2D eigenvalue weighted by molar-refractivity contribution is -0.120. The van der Waals surface area contributed by atoms with E-state index >= 15 is 0 Å². The van der Waals surface area contributed by atoms with Gasteiger partial charge in [0.2, 0.25) is 5.91 Å². The Morgan fingerprint density at radius 3 is 2.87 bits per heavy atom. The number of ether oxygens (including phenoxy) is 1. The summed E-state index contributed by atoms with van der Waals surface area (Å²) >= 11 is 0. The van der Waals surface area contributed by atoms with Crippen molar-refractivity contribution in [3.8, 4) is 12.3 Å². The molecule has 0 heterocycles. The van der Waals surface area contributed by atoms with Gasteiger partial charge < -0.3 is 15.4 Å². The summed E-state index contributed by atoms with van der Waals surface area (Å²) in [5, 5.41) is 5.78. The number of hydrogen-bond acceptors (Lipinski definition) is 3. The van der Waals surface area contributed by atoms with Crippen LogP contribution in [0.4, 0.5) is 0 Å². The zero-order valence-electron chi connectivity index (χ0n) is 9.34. The molecule has 86 valence electrons. The lowest BCUT2D eigenvalue weighted by Gasteiger charge is -2.05. The lowest BCUT2D eigenvalue weighted by Crippen LogP contribution is -2.35. The van der Waals surface area contributed by atoms with Crippen molar-refractivity contribution >= 4 is 5.91 Å². The molecule has 0 bridgehead atoms. The second-order valence-corrected chi connectivity index (χ2v) is 3.18. The van der Waals surface area contributed by atoms with E-state index in [1.807, 2.05) is 0 Å². The molecular formula is C11H20N2O2. The first-order chi connectivity index (χ1) is 7.31. The average Bonchev–Trinajstić information content (AvgIpc) is 2.23. The Balaban J connectivity index is 3.14. The molecule has 4 nitrogen and oxygen atoms in total. The van der Waals surface area contributed by atoms with Crippen LogP contribution in [0.5, 0.6) is 0 Å². The molecule has 0 radical (unpaired) electrons. The van der Waals surface area contributed by atoms with Gasteiger partial charge in [-0.25, -0.2) is 0 Å². The van der Waals surface area contributed by atoms with Gasteiger partial charge in [-0.1, -0.05) is 0 Å². The van der Waals surface area contributed by atoms with E-state index < -0.39 is 0 Å². The Hall–Kier alpha value is -1.05. The SMILES string of the molecule is C#CCCCCNCC(=O)NCCOC. The molecule has 0 spiro atoms. The van der Waals surface area contributed by atoms with Gasteiger partial charge in [-0.15, -0.1) is 12.3 Å². The molecule has 0 saturated carbocycles. The number of methoxy groups -OCH3 is 1. The van der Waals surface area contributed by atoms with Crippen LogP contribution in [-0.2, 0) is 9.53 Å². The average molecular weight is 212 g/mol. The molecule has 0 aromatic heterocycles. The number of nitrogens with one attached hydrogen (secondary N) is 2. The van der Waals surface area contributed by atoms with Crippen LogP contribution >= 0.6 is 0 Å². The number of carbonyl (C=O) groups excluding carboxylic acids is 1. The molecule has 0 fully saturated rings. The van der Waals surface area contributed by atoms with Crippen LogP contribution in [0.3, 0.4) is 0 Å². The Morgan fingerprint density at radius 1 is 1.40 bits per heavy atom. The third-order valence-corrected chi connectivity index (χ3v) is 1.84. The van der Waals surface area contributed by atoms with Crippen molar-refractivity contribution in [2.45, 2.75) is 19.3 Å². The number of amides is 1. The van der Waals surface area contributed by atoms with E-state index in [9.17, 15) is 4.79 Å². The van der Waals surface area contributed by atoms with Crippen LogP contribution in [0.1, 0.15) is 19.3 Å². The van der Waals surface area contributed by atoms with Crippen molar-refractivity contribution in [2.75, 3.05) is 33.4 Å². The molecule has 0 rings (SSSR count). The molecule has 0 saturated heterocycles. The quantitative estimate of drug-likeness (QED) is 0.422. The van der Waals surface area contributed by atoms with Crippen molar-refractivity contribution in [1.82, 2.24) is 10.6 Å². The van der Waals surface area contributed by atoms with Crippen molar-refractivity contribution in [3.05, 3.63) is 0 Å². The molecule has 0 aromatic carbocycles. The molecule has 0 aliphatic heterocycles. The highest BCUT2D eigenvalue weighted by atomic mass is 16.5. The Morgan fingerprint density at radius 2 is 2.20 bits per heavy atom. The first-order valence-electron chi connectivity index (χ1n) is 5.21. The van der Waals surface area contributed by atoms with Crippen molar-refractivity contribution < 1.29 is 9.53 Å². The predicted octanol–water partition coefficient (Wildman–Crippen LogP) is 0.142. The van der Waals surface area contributed by atoms with Crippen LogP contribution in [0, 0.1) is 12.3 Å². The maximum Gasteiger partial charge on any atom is 0.234 e. The smallest absolute Gasteiger partial charge is 0.234 e. The summed E-state index contributed by atoms with van der Waals surface area (Å²) in [6.07, 6.45) is 7.94. The fourth-order valence-electron chi connectivity index (χ4n) is 1.03. The second kappa shape index (κ2) is 11.0. The van der Waals surface area contributed by atoms with Gasteiger partial charge in [-0.3, -0.25) is 4.79 Å². The Bertz CT molecular complexity index is 199. The van der Waals surface area contributed by atoms with Gasteiger partial charge in [0.1, 0.15) is 0 Å². The molecule has 4 heteroatoms. The van der Waals surface area contributed by atoms with Crippen molar-refractivity contribution in [1.29, 1.82) is 0 Å². The van der Waals surface area contributed by atoms with Gasteiger partial charge in [0.05, 0.1) is 13.2 Å². The Kier molecular flexibility index (Phi) is 10.3. The molecular weight excluding hydrogens is 192 g/mol. The summed E-state index contributed by atoms with van der Waals surface area (Å²) in [6.45, 7) is 2.31. The topological polar surface area (TPSA) is 50.4 Å². The fraction of sp³-hybridized carbons (Fsp3) is 0.727. The minimum Gasteiger partial charge on any atom is -0.383 e.